The molecular weight excluding hydrogens is 395 g/mol. The molecular formula is C20H41O6PSi. The second-order valence-electron chi connectivity index (χ2n) is 8.59. The predicted molar refractivity (Wildman–Crippen MR) is 116 cm³/mol. The highest BCUT2D eigenvalue weighted by atomic mass is 31.2. The van der Waals surface area contributed by atoms with Crippen molar-refractivity contribution in [3.05, 3.63) is 11.9 Å². The van der Waals surface area contributed by atoms with E-state index in [2.05, 4.69) is 33.9 Å². The van der Waals surface area contributed by atoms with Crippen molar-refractivity contribution in [3.8, 4) is 0 Å². The lowest BCUT2D eigenvalue weighted by Gasteiger charge is -2.36. The SMILES string of the molecule is CCOP(=O)(/C=C/[C@H](CCO[Si](C)(C)C(C)(C)C)O[C@@H]1CCCCO1)OCC. The van der Waals surface area contributed by atoms with Gasteiger partial charge in [0.15, 0.2) is 14.6 Å². The van der Waals surface area contributed by atoms with Crippen LogP contribution in [0.1, 0.15) is 60.3 Å². The van der Waals surface area contributed by atoms with Crippen LogP contribution in [0.15, 0.2) is 11.9 Å². The van der Waals surface area contributed by atoms with E-state index < -0.39 is 15.9 Å². The van der Waals surface area contributed by atoms with Crippen LogP contribution in [-0.2, 0) is 27.5 Å². The summed E-state index contributed by atoms with van der Waals surface area (Å²) in [5, 5.41) is 0.158. The summed E-state index contributed by atoms with van der Waals surface area (Å²) >= 11 is 0. The van der Waals surface area contributed by atoms with Gasteiger partial charge in [-0.1, -0.05) is 20.8 Å². The first-order chi connectivity index (χ1) is 13.0. The molecule has 1 fully saturated rings. The van der Waals surface area contributed by atoms with Crippen molar-refractivity contribution in [3.63, 3.8) is 0 Å². The molecule has 0 unspecified atom stereocenters. The number of rotatable bonds is 12. The van der Waals surface area contributed by atoms with E-state index in [0.717, 1.165) is 25.9 Å². The van der Waals surface area contributed by atoms with E-state index in [1.54, 1.807) is 19.9 Å². The van der Waals surface area contributed by atoms with Gasteiger partial charge in [-0.2, -0.15) is 0 Å². The Morgan fingerprint density at radius 2 is 1.82 bits per heavy atom. The normalized spacial score (nSPS) is 20.6. The van der Waals surface area contributed by atoms with Crippen LogP contribution in [0, 0.1) is 0 Å². The van der Waals surface area contributed by atoms with Crippen LogP contribution < -0.4 is 0 Å². The summed E-state index contributed by atoms with van der Waals surface area (Å²) in [5.41, 5.74) is 0. The van der Waals surface area contributed by atoms with E-state index in [1.807, 2.05) is 0 Å². The highest BCUT2D eigenvalue weighted by Crippen LogP contribution is 2.49. The molecule has 6 nitrogen and oxygen atoms in total. The van der Waals surface area contributed by atoms with E-state index in [4.69, 9.17) is 22.9 Å². The van der Waals surface area contributed by atoms with Gasteiger partial charge in [0.1, 0.15) is 0 Å². The molecule has 0 spiro atoms. The van der Waals surface area contributed by atoms with Crippen molar-refractivity contribution >= 4 is 15.9 Å². The molecule has 8 heteroatoms. The van der Waals surface area contributed by atoms with E-state index in [1.165, 1.54) is 5.82 Å². The zero-order valence-corrected chi connectivity index (χ0v) is 20.8. The summed E-state index contributed by atoms with van der Waals surface area (Å²) in [5.74, 6) is 1.53. The van der Waals surface area contributed by atoms with Gasteiger partial charge in [-0.05, 0) is 63.7 Å². The average Bonchev–Trinajstić information content (AvgIpc) is 2.60. The first kappa shape index (κ1) is 26.0. The van der Waals surface area contributed by atoms with E-state index in [0.29, 0.717) is 26.2 Å². The lowest BCUT2D eigenvalue weighted by atomic mass is 10.2. The largest absolute Gasteiger partial charge is 0.417 e. The monoisotopic (exact) mass is 436 g/mol. The number of hydrogen-bond acceptors (Lipinski definition) is 6. The second-order valence-corrected chi connectivity index (χ2v) is 15.3. The molecule has 166 valence electrons. The van der Waals surface area contributed by atoms with Crippen LogP contribution in [-0.4, -0.2) is 47.1 Å². The summed E-state index contributed by atoms with van der Waals surface area (Å²) in [6, 6.07) is 0. The molecule has 0 aromatic heterocycles. The fraction of sp³-hybridized carbons (Fsp3) is 0.900. The van der Waals surface area contributed by atoms with Gasteiger partial charge < -0.3 is 22.9 Å². The molecule has 0 radical (unpaired) electrons. The Morgan fingerprint density at radius 1 is 1.18 bits per heavy atom. The summed E-state index contributed by atoms with van der Waals surface area (Å²) in [6.45, 7) is 16.7. The lowest BCUT2D eigenvalue weighted by Crippen LogP contribution is -2.41. The van der Waals surface area contributed by atoms with E-state index in [9.17, 15) is 4.57 Å². The Morgan fingerprint density at radius 3 is 2.32 bits per heavy atom. The summed E-state index contributed by atoms with van der Waals surface area (Å²) < 4.78 is 41.6. The molecule has 1 aliphatic heterocycles. The van der Waals surface area contributed by atoms with Crippen molar-refractivity contribution < 1.29 is 27.5 Å². The highest BCUT2D eigenvalue weighted by Gasteiger charge is 2.37. The van der Waals surface area contributed by atoms with Crippen molar-refractivity contribution in [1.82, 2.24) is 0 Å². The van der Waals surface area contributed by atoms with Crippen LogP contribution in [0.25, 0.3) is 0 Å². The molecule has 2 atom stereocenters. The van der Waals surface area contributed by atoms with Gasteiger partial charge in [0.25, 0.3) is 0 Å². The van der Waals surface area contributed by atoms with Crippen LogP contribution in [0.3, 0.4) is 0 Å². The Hall–Kier alpha value is -0.0131. The average molecular weight is 437 g/mol. The zero-order valence-electron chi connectivity index (χ0n) is 18.9. The minimum Gasteiger partial charge on any atom is -0.417 e. The lowest BCUT2D eigenvalue weighted by molar-refractivity contribution is -0.180. The maximum atomic E-state index is 12.7. The number of ether oxygens (including phenoxy) is 2. The van der Waals surface area contributed by atoms with Crippen molar-refractivity contribution in [1.29, 1.82) is 0 Å². The minimum absolute atomic E-state index is 0.158. The van der Waals surface area contributed by atoms with E-state index >= 15 is 0 Å². The Labute approximate surface area is 173 Å². The zero-order chi connectivity index (χ0) is 21.3. The third-order valence-electron chi connectivity index (χ3n) is 5.24. The fourth-order valence-electron chi connectivity index (χ4n) is 2.55. The van der Waals surface area contributed by atoms with Gasteiger partial charge in [0.2, 0.25) is 0 Å². The quantitative estimate of drug-likeness (QED) is 0.272. The first-order valence-corrected chi connectivity index (χ1v) is 15.0. The Bertz CT molecular complexity index is 501. The third kappa shape index (κ3) is 9.20. The molecule has 1 heterocycles. The molecule has 0 N–H and O–H groups in total. The van der Waals surface area contributed by atoms with E-state index in [-0.39, 0.29) is 17.4 Å². The van der Waals surface area contributed by atoms with Crippen LogP contribution in [0.2, 0.25) is 18.1 Å². The maximum absolute atomic E-state index is 12.7. The molecule has 0 aliphatic carbocycles. The van der Waals surface area contributed by atoms with Crippen molar-refractivity contribution in [2.45, 2.75) is 90.8 Å². The smallest absolute Gasteiger partial charge is 0.353 e. The third-order valence-corrected chi connectivity index (χ3v) is 11.5. The maximum Gasteiger partial charge on any atom is 0.353 e. The molecule has 1 rings (SSSR count). The standard InChI is InChI=1S/C20H41O6PSi/c1-8-23-27(21,24-9-2)17-14-18(26-19-12-10-11-15-22-19)13-16-25-28(6,7)20(3,4)5/h14,17-19H,8-13,15-16H2,1-7H3/b17-14+/t18-,19+/m0/s1. The highest BCUT2D eigenvalue weighted by molar-refractivity contribution is 7.57. The van der Waals surface area contributed by atoms with Gasteiger partial charge in [-0.3, -0.25) is 4.57 Å². The summed E-state index contributed by atoms with van der Waals surface area (Å²) in [7, 11) is -5.08. The topological polar surface area (TPSA) is 63.2 Å². The fourth-order valence-corrected chi connectivity index (χ4v) is 4.98. The van der Waals surface area contributed by atoms with Gasteiger partial charge in [0, 0.05) is 19.0 Å². The van der Waals surface area contributed by atoms with Crippen LogP contribution in [0.5, 0.6) is 0 Å². The molecule has 1 aliphatic rings. The van der Waals surface area contributed by atoms with Gasteiger partial charge in [-0.25, -0.2) is 0 Å². The summed E-state index contributed by atoms with van der Waals surface area (Å²) in [6.07, 6.45) is 5.01. The molecule has 28 heavy (non-hydrogen) atoms. The first-order valence-electron chi connectivity index (χ1n) is 10.5. The molecule has 0 aromatic carbocycles. The van der Waals surface area contributed by atoms with Gasteiger partial charge in [-0.15, -0.1) is 0 Å². The van der Waals surface area contributed by atoms with Crippen molar-refractivity contribution in [2.75, 3.05) is 26.4 Å². The number of hydrogen-bond donors (Lipinski definition) is 0. The molecule has 0 bridgehead atoms. The van der Waals surface area contributed by atoms with Crippen LogP contribution >= 0.6 is 7.60 Å². The predicted octanol–water partition coefficient (Wildman–Crippen LogP) is 6.09. The molecule has 0 aromatic rings. The van der Waals surface area contributed by atoms with Gasteiger partial charge >= 0.3 is 7.60 Å². The Balaban J connectivity index is 2.77. The van der Waals surface area contributed by atoms with Gasteiger partial charge in [0.05, 0.1) is 19.3 Å². The molecule has 0 saturated carbocycles. The summed E-state index contributed by atoms with van der Waals surface area (Å²) in [4.78, 5) is 0. The molecule has 1 saturated heterocycles. The molecule has 0 amide bonds. The van der Waals surface area contributed by atoms with Crippen molar-refractivity contribution in [2.24, 2.45) is 0 Å². The van der Waals surface area contributed by atoms with Crippen LogP contribution in [0.4, 0.5) is 0 Å². The second kappa shape index (κ2) is 12.0. The minimum atomic E-state index is -3.25. The Kier molecular flexibility index (Phi) is 11.1.